The number of hydrogen-bond donors (Lipinski definition) is 0. The van der Waals surface area contributed by atoms with Crippen molar-refractivity contribution in [2.24, 2.45) is 11.3 Å². The van der Waals surface area contributed by atoms with Crippen molar-refractivity contribution in [3.8, 4) is 5.75 Å². The number of thioether (sulfide) groups is 2. The number of benzene rings is 4. The quantitative estimate of drug-likeness (QED) is 0.0188. The first kappa shape index (κ1) is 53.0. The van der Waals surface area contributed by atoms with Gasteiger partial charge in [0.05, 0.1) is 27.9 Å². The number of amides is 1. The van der Waals surface area contributed by atoms with E-state index >= 15 is 0 Å². The number of non-ortho nitro benzene ring substituents is 1. The standard InChI is InChI=1S/C51H64N2O10S2Si2/c1-14-64-44-41(34(2)62-66(12,13)50(6,7)8)43(54)52(44)42(46(56)60-33-35-25-29-37(30-26-35)53(58)59)47(65-48(57)49(3,4)5)61-38-31-27-36(28-32-38)45(55)63-67(51(9,10)11,39-21-17-15-18-22-39)40-23-19-16-20-24-40/h15-32,34,41,44H,14,33H2,1-13H3/t34-,41+,44-/m1/s1. The molecule has 4 aromatic carbocycles. The maximum atomic E-state index is 14.6. The molecular weight excluding hydrogens is 921 g/mol. The zero-order valence-electron chi connectivity index (χ0n) is 40.8. The Kier molecular flexibility index (Phi) is 16.7. The molecule has 0 radical (unpaired) electrons. The fraction of sp³-hybridized carbons (Fsp3) is 0.412. The van der Waals surface area contributed by atoms with Crippen molar-refractivity contribution < 1.29 is 42.4 Å². The average Bonchev–Trinajstić information content (AvgIpc) is 3.25. The van der Waals surface area contributed by atoms with Crippen molar-refractivity contribution in [3.63, 3.8) is 0 Å². The molecule has 0 spiro atoms. The number of carbonyl (C=O) groups is 4. The summed E-state index contributed by atoms with van der Waals surface area (Å²) in [5.74, 6) is -1.76. The van der Waals surface area contributed by atoms with E-state index < -0.39 is 67.3 Å². The van der Waals surface area contributed by atoms with Gasteiger partial charge in [-0.2, -0.15) is 0 Å². The fourth-order valence-electron chi connectivity index (χ4n) is 7.40. The van der Waals surface area contributed by atoms with Gasteiger partial charge in [-0.15, -0.1) is 11.8 Å². The Morgan fingerprint density at radius 2 is 1.33 bits per heavy atom. The van der Waals surface area contributed by atoms with E-state index in [1.54, 1.807) is 45.0 Å². The lowest BCUT2D eigenvalue weighted by atomic mass is 9.92. The first-order valence-electron chi connectivity index (χ1n) is 22.3. The molecule has 0 unspecified atom stereocenters. The molecule has 12 nitrogen and oxygen atoms in total. The van der Waals surface area contributed by atoms with E-state index in [1.807, 2.05) is 74.5 Å². The molecule has 67 heavy (non-hydrogen) atoms. The minimum atomic E-state index is -3.26. The Labute approximate surface area is 406 Å². The molecule has 0 N–H and O–H groups in total. The van der Waals surface area contributed by atoms with E-state index in [-0.39, 0.29) is 44.5 Å². The summed E-state index contributed by atoms with van der Waals surface area (Å²) in [6, 6.07) is 31.5. The molecule has 0 aliphatic carbocycles. The molecule has 1 heterocycles. The highest BCUT2D eigenvalue weighted by molar-refractivity contribution is 8.16. The van der Waals surface area contributed by atoms with Crippen molar-refractivity contribution in [2.75, 3.05) is 5.75 Å². The van der Waals surface area contributed by atoms with Crippen LogP contribution in [-0.2, 0) is 34.6 Å². The summed E-state index contributed by atoms with van der Waals surface area (Å²) in [6.07, 6.45) is -0.504. The van der Waals surface area contributed by atoms with Gasteiger partial charge in [-0.1, -0.05) is 130 Å². The Morgan fingerprint density at radius 1 is 0.791 bits per heavy atom. The van der Waals surface area contributed by atoms with Crippen LogP contribution in [0.25, 0.3) is 0 Å². The molecule has 1 aliphatic rings. The summed E-state index contributed by atoms with van der Waals surface area (Å²) >= 11 is 2.14. The Morgan fingerprint density at radius 3 is 1.79 bits per heavy atom. The average molecular weight is 985 g/mol. The minimum absolute atomic E-state index is 0.128. The highest BCUT2D eigenvalue weighted by Crippen LogP contribution is 2.47. The van der Waals surface area contributed by atoms with Crippen LogP contribution in [0, 0.1) is 21.4 Å². The maximum Gasteiger partial charge on any atom is 0.359 e. The molecule has 0 aromatic heterocycles. The van der Waals surface area contributed by atoms with Crippen molar-refractivity contribution in [1.82, 2.24) is 4.90 Å². The van der Waals surface area contributed by atoms with Gasteiger partial charge in [0.2, 0.25) is 11.0 Å². The zero-order chi connectivity index (χ0) is 49.7. The van der Waals surface area contributed by atoms with Crippen LogP contribution in [0.5, 0.6) is 5.75 Å². The van der Waals surface area contributed by atoms with Gasteiger partial charge in [0.15, 0.2) is 19.1 Å². The fourth-order valence-corrected chi connectivity index (χ4v) is 15.3. The number of nitro benzene ring substituents is 1. The molecule has 3 atom stereocenters. The Bertz CT molecular complexity index is 2410. The third-order valence-corrected chi connectivity index (χ3v) is 24.0. The molecule has 1 amide bonds. The lowest BCUT2D eigenvalue weighted by Crippen LogP contribution is -2.67. The summed E-state index contributed by atoms with van der Waals surface area (Å²) in [5, 5.41) is 11.5. The Hall–Kier alpha value is -5.01. The van der Waals surface area contributed by atoms with E-state index in [2.05, 4.69) is 54.6 Å². The first-order chi connectivity index (χ1) is 31.2. The van der Waals surface area contributed by atoms with Crippen molar-refractivity contribution in [2.45, 2.75) is 117 Å². The van der Waals surface area contributed by atoms with Crippen LogP contribution in [0.4, 0.5) is 5.69 Å². The summed E-state index contributed by atoms with van der Waals surface area (Å²) in [7, 11) is -5.61. The predicted octanol–water partition coefficient (Wildman–Crippen LogP) is 10.9. The number of nitro groups is 1. The van der Waals surface area contributed by atoms with Crippen LogP contribution < -0.4 is 15.1 Å². The largest absolute Gasteiger partial charge is 0.506 e. The van der Waals surface area contributed by atoms with Gasteiger partial charge in [0.25, 0.3) is 5.69 Å². The molecular formula is C51H64N2O10S2Si2. The van der Waals surface area contributed by atoms with E-state index in [0.29, 0.717) is 23.1 Å². The maximum absolute atomic E-state index is 14.6. The summed E-state index contributed by atoms with van der Waals surface area (Å²) in [5.41, 5.74) is -0.597. The second-order valence-corrected chi connectivity index (χ2v) is 31.4. The highest BCUT2D eigenvalue weighted by Gasteiger charge is 2.57. The van der Waals surface area contributed by atoms with Crippen molar-refractivity contribution in [1.29, 1.82) is 0 Å². The van der Waals surface area contributed by atoms with E-state index in [1.165, 1.54) is 40.9 Å². The predicted molar refractivity (Wildman–Crippen MR) is 272 cm³/mol. The Balaban J connectivity index is 1.59. The molecule has 358 valence electrons. The van der Waals surface area contributed by atoms with Crippen molar-refractivity contribution >= 4 is 79.2 Å². The normalized spacial score (nSPS) is 16.6. The topological polar surface area (TPSA) is 152 Å². The van der Waals surface area contributed by atoms with Gasteiger partial charge in [-0.05, 0) is 99.9 Å². The molecule has 5 rings (SSSR count). The first-order valence-corrected chi connectivity index (χ1v) is 29.0. The highest BCUT2D eigenvalue weighted by atomic mass is 32.2. The molecule has 16 heteroatoms. The smallest absolute Gasteiger partial charge is 0.359 e. The van der Waals surface area contributed by atoms with Crippen LogP contribution in [0.2, 0.25) is 23.2 Å². The van der Waals surface area contributed by atoms with E-state index in [0.717, 1.165) is 10.4 Å². The minimum Gasteiger partial charge on any atom is -0.506 e. The number of rotatable bonds is 17. The van der Waals surface area contributed by atoms with E-state index in [4.69, 9.17) is 18.3 Å². The van der Waals surface area contributed by atoms with Crippen LogP contribution in [0.1, 0.15) is 92.1 Å². The molecule has 0 bridgehead atoms. The van der Waals surface area contributed by atoms with Gasteiger partial charge in [-0.3, -0.25) is 24.6 Å². The van der Waals surface area contributed by atoms with E-state index in [9.17, 15) is 29.3 Å². The number of hydrogen-bond acceptors (Lipinski definition) is 12. The van der Waals surface area contributed by atoms with Crippen molar-refractivity contribution in [3.05, 3.63) is 141 Å². The number of ether oxygens (including phenoxy) is 2. The second kappa shape index (κ2) is 21.1. The summed E-state index contributed by atoms with van der Waals surface area (Å²) in [4.78, 5) is 69.7. The molecule has 1 aliphatic heterocycles. The van der Waals surface area contributed by atoms with Gasteiger partial charge in [0.1, 0.15) is 12.4 Å². The van der Waals surface area contributed by atoms with Gasteiger partial charge >= 0.3 is 20.3 Å². The lowest BCUT2D eigenvalue weighted by molar-refractivity contribution is -0.384. The van der Waals surface area contributed by atoms with Crippen LogP contribution in [-0.4, -0.2) is 66.6 Å². The summed E-state index contributed by atoms with van der Waals surface area (Å²) in [6.45, 7) is 25.6. The van der Waals surface area contributed by atoms with Crippen LogP contribution >= 0.6 is 23.5 Å². The molecule has 1 fully saturated rings. The third-order valence-electron chi connectivity index (χ3n) is 12.1. The van der Waals surface area contributed by atoms with Crippen LogP contribution in [0.15, 0.2) is 120 Å². The van der Waals surface area contributed by atoms with Gasteiger partial charge < -0.3 is 18.3 Å². The molecule has 0 saturated carbocycles. The number of β-lactam (4-membered cyclic amide) rings is 1. The number of carbonyl (C=O) groups excluding carboxylic acids is 4. The summed E-state index contributed by atoms with van der Waals surface area (Å²) < 4.78 is 25.9. The lowest BCUT2D eigenvalue weighted by Gasteiger charge is -2.51. The van der Waals surface area contributed by atoms with Gasteiger partial charge in [0, 0.05) is 17.5 Å². The number of nitrogens with zero attached hydrogens (tertiary/aromatic N) is 2. The SMILES string of the molecule is CCS[C@@H]1[C@@H]([C@@H](C)O[Si](C)(C)C(C)(C)C)C(=O)N1C(C(=O)OCc1ccc([N+](=O)[O-])cc1)=C(Oc1ccc(C(=O)O[Si](c2ccccc2)(c2ccccc2)C(C)(C)C)cc1)SC(=O)C(C)(C)C. The monoisotopic (exact) mass is 984 g/mol. The number of esters is 1. The van der Waals surface area contributed by atoms with Gasteiger partial charge in [-0.25, -0.2) is 9.59 Å². The van der Waals surface area contributed by atoms with Crippen LogP contribution in [0.3, 0.4) is 0 Å². The third kappa shape index (κ3) is 12.0. The molecule has 1 saturated heterocycles. The second-order valence-electron chi connectivity index (χ2n) is 20.1. The zero-order valence-corrected chi connectivity index (χ0v) is 44.5. The molecule has 4 aromatic rings. The number of likely N-dealkylation sites (tertiary alicyclic amines) is 1.